The highest BCUT2D eigenvalue weighted by atomic mass is 35.5. The van der Waals surface area contributed by atoms with Crippen LogP contribution in [0.15, 0.2) is 0 Å². The van der Waals surface area contributed by atoms with Gasteiger partial charge < -0.3 is 5.73 Å². The van der Waals surface area contributed by atoms with E-state index in [1.54, 1.807) is 0 Å². The van der Waals surface area contributed by atoms with Gasteiger partial charge in [-0.05, 0) is 37.5 Å². The molecule has 0 amide bonds. The van der Waals surface area contributed by atoms with Crippen LogP contribution in [-0.4, -0.2) is 26.8 Å². The summed E-state index contributed by atoms with van der Waals surface area (Å²) in [5, 5.41) is 0. The summed E-state index contributed by atoms with van der Waals surface area (Å²) in [6.45, 7) is 0.416. The van der Waals surface area contributed by atoms with Gasteiger partial charge in [0.1, 0.15) is 0 Å². The minimum Gasteiger partial charge on any atom is -0.326 e. The SMILES string of the molecule is Cl.NC(CNS(=O)(=O)CC1CCCC1)C1CC1. The lowest BCUT2D eigenvalue weighted by atomic mass is 10.1. The maximum Gasteiger partial charge on any atom is 0.211 e. The van der Waals surface area contributed by atoms with Crippen LogP contribution in [0.3, 0.4) is 0 Å². The number of halogens is 1. The Kier molecular flexibility index (Phi) is 5.70. The molecule has 6 heteroatoms. The fourth-order valence-electron chi connectivity index (χ4n) is 2.46. The molecule has 0 radical (unpaired) electrons. The molecule has 1 unspecified atom stereocenters. The van der Waals surface area contributed by atoms with Crippen LogP contribution in [0.5, 0.6) is 0 Å². The van der Waals surface area contributed by atoms with E-state index in [0.717, 1.165) is 25.7 Å². The average molecular weight is 283 g/mol. The third-order valence-electron chi connectivity index (χ3n) is 3.70. The number of hydrogen-bond donors (Lipinski definition) is 2. The van der Waals surface area contributed by atoms with Crippen LogP contribution in [0, 0.1) is 11.8 Å². The zero-order valence-corrected chi connectivity index (χ0v) is 11.7. The van der Waals surface area contributed by atoms with Gasteiger partial charge in [-0.1, -0.05) is 12.8 Å². The van der Waals surface area contributed by atoms with Crippen molar-refractivity contribution in [2.24, 2.45) is 17.6 Å². The van der Waals surface area contributed by atoms with Crippen molar-refractivity contribution in [3.63, 3.8) is 0 Å². The predicted molar refractivity (Wildman–Crippen MR) is 71.7 cm³/mol. The van der Waals surface area contributed by atoms with Crippen molar-refractivity contribution in [1.29, 1.82) is 0 Å². The molecule has 2 aliphatic carbocycles. The van der Waals surface area contributed by atoms with Crippen LogP contribution < -0.4 is 10.5 Å². The molecule has 0 aromatic heterocycles. The van der Waals surface area contributed by atoms with Crippen molar-refractivity contribution in [2.45, 2.75) is 44.6 Å². The van der Waals surface area contributed by atoms with Crippen LogP contribution in [0.1, 0.15) is 38.5 Å². The second kappa shape index (κ2) is 6.36. The number of hydrogen-bond acceptors (Lipinski definition) is 3. The van der Waals surface area contributed by atoms with E-state index in [2.05, 4.69) is 4.72 Å². The molecule has 2 rings (SSSR count). The second-order valence-electron chi connectivity index (χ2n) is 5.28. The molecule has 0 saturated heterocycles. The maximum atomic E-state index is 11.8. The molecular formula is C11H23ClN2O2S. The van der Waals surface area contributed by atoms with Crippen LogP contribution in [0.25, 0.3) is 0 Å². The Morgan fingerprint density at radius 2 is 1.76 bits per heavy atom. The number of rotatable bonds is 6. The molecule has 0 aromatic rings. The quantitative estimate of drug-likeness (QED) is 0.770. The fourth-order valence-corrected chi connectivity index (χ4v) is 3.98. The zero-order valence-electron chi connectivity index (χ0n) is 10.1. The van der Waals surface area contributed by atoms with Gasteiger partial charge >= 0.3 is 0 Å². The lowest BCUT2D eigenvalue weighted by molar-refractivity contribution is 0.528. The molecule has 102 valence electrons. The number of sulfonamides is 1. The summed E-state index contributed by atoms with van der Waals surface area (Å²) in [5.74, 6) is 1.22. The molecule has 2 saturated carbocycles. The van der Waals surface area contributed by atoms with Crippen molar-refractivity contribution in [1.82, 2.24) is 4.72 Å². The van der Waals surface area contributed by atoms with Crippen LogP contribution in [-0.2, 0) is 10.0 Å². The standard InChI is InChI=1S/C11H22N2O2S.ClH/c12-11(10-5-6-10)7-13-16(14,15)8-9-3-1-2-4-9;/h9-11,13H,1-8,12H2;1H. The molecule has 1 atom stereocenters. The van der Waals surface area contributed by atoms with E-state index in [4.69, 9.17) is 5.73 Å². The topological polar surface area (TPSA) is 72.2 Å². The third-order valence-corrected chi connectivity index (χ3v) is 5.21. The molecule has 2 fully saturated rings. The van der Waals surface area contributed by atoms with Crippen LogP contribution in [0.4, 0.5) is 0 Å². The first-order valence-corrected chi connectivity index (χ1v) is 7.95. The van der Waals surface area contributed by atoms with E-state index in [0.29, 0.717) is 24.1 Å². The summed E-state index contributed by atoms with van der Waals surface area (Å²) in [4.78, 5) is 0. The van der Waals surface area contributed by atoms with E-state index in [9.17, 15) is 8.42 Å². The number of nitrogens with two attached hydrogens (primary N) is 1. The Morgan fingerprint density at radius 1 is 1.18 bits per heavy atom. The number of nitrogens with one attached hydrogen (secondary N) is 1. The fraction of sp³-hybridized carbons (Fsp3) is 1.00. The van der Waals surface area contributed by atoms with Crippen molar-refractivity contribution < 1.29 is 8.42 Å². The first kappa shape index (κ1) is 15.2. The highest BCUT2D eigenvalue weighted by Crippen LogP contribution is 2.31. The summed E-state index contributed by atoms with van der Waals surface area (Å²) in [7, 11) is -3.10. The Bertz CT molecular complexity index is 324. The van der Waals surface area contributed by atoms with Gasteiger partial charge in [0.2, 0.25) is 10.0 Å². The molecule has 0 bridgehead atoms. The minimum absolute atomic E-state index is 0. The Balaban J connectivity index is 0.00000144. The molecule has 0 spiro atoms. The van der Waals surface area contributed by atoms with Crippen LogP contribution in [0.2, 0.25) is 0 Å². The van der Waals surface area contributed by atoms with Crippen molar-refractivity contribution >= 4 is 22.4 Å². The summed E-state index contributed by atoms with van der Waals surface area (Å²) in [6, 6.07) is 0.0124. The maximum absolute atomic E-state index is 11.8. The third kappa shape index (κ3) is 5.12. The summed E-state index contributed by atoms with van der Waals surface area (Å²) >= 11 is 0. The summed E-state index contributed by atoms with van der Waals surface area (Å²) in [6.07, 6.45) is 6.81. The van der Waals surface area contributed by atoms with Gasteiger partial charge in [0, 0.05) is 12.6 Å². The molecular weight excluding hydrogens is 260 g/mol. The monoisotopic (exact) mass is 282 g/mol. The minimum atomic E-state index is -3.10. The summed E-state index contributed by atoms with van der Waals surface area (Å²) in [5.41, 5.74) is 5.87. The zero-order chi connectivity index (χ0) is 11.6. The normalized spacial score (nSPS) is 23.4. The summed E-state index contributed by atoms with van der Waals surface area (Å²) < 4.78 is 26.2. The van der Waals surface area contributed by atoms with Gasteiger partial charge in [-0.15, -0.1) is 12.4 Å². The molecule has 4 nitrogen and oxygen atoms in total. The van der Waals surface area contributed by atoms with E-state index in [1.165, 1.54) is 12.8 Å². The Morgan fingerprint density at radius 3 is 2.29 bits per heavy atom. The van der Waals surface area contributed by atoms with Crippen molar-refractivity contribution in [2.75, 3.05) is 12.3 Å². The lowest BCUT2D eigenvalue weighted by Crippen LogP contribution is -2.40. The second-order valence-corrected chi connectivity index (χ2v) is 7.13. The van der Waals surface area contributed by atoms with E-state index < -0.39 is 10.0 Å². The molecule has 2 aliphatic rings. The Labute approximate surface area is 110 Å². The molecule has 0 aliphatic heterocycles. The van der Waals surface area contributed by atoms with Gasteiger partial charge in [-0.25, -0.2) is 13.1 Å². The largest absolute Gasteiger partial charge is 0.326 e. The molecule has 17 heavy (non-hydrogen) atoms. The van der Waals surface area contributed by atoms with Gasteiger partial charge in [-0.3, -0.25) is 0 Å². The van der Waals surface area contributed by atoms with Crippen molar-refractivity contribution in [3.05, 3.63) is 0 Å². The van der Waals surface area contributed by atoms with E-state index in [-0.39, 0.29) is 18.4 Å². The predicted octanol–water partition coefficient (Wildman–Crippen LogP) is 1.26. The molecule has 0 heterocycles. The molecule has 3 N–H and O–H groups in total. The highest BCUT2D eigenvalue weighted by Gasteiger charge is 2.29. The smallest absolute Gasteiger partial charge is 0.211 e. The van der Waals surface area contributed by atoms with Gasteiger partial charge in [0.25, 0.3) is 0 Å². The highest BCUT2D eigenvalue weighted by molar-refractivity contribution is 7.89. The van der Waals surface area contributed by atoms with E-state index >= 15 is 0 Å². The van der Waals surface area contributed by atoms with Crippen LogP contribution >= 0.6 is 12.4 Å². The van der Waals surface area contributed by atoms with Gasteiger partial charge in [0.15, 0.2) is 0 Å². The van der Waals surface area contributed by atoms with Gasteiger partial charge in [-0.2, -0.15) is 0 Å². The first-order chi connectivity index (χ1) is 7.57. The first-order valence-electron chi connectivity index (χ1n) is 6.30. The van der Waals surface area contributed by atoms with Crippen molar-refractivity contribution in [3.8, 4) is 0 Å². The lowest BCUT2D eigenvalue weighted by Gasteiger charge is -2.14. The molecule has 0 aromatic carbocycles. The van der Waals surface area contributed by atoms with Gasteiger partial charge in [0.05, 0.1) is 5.75 Å². The Hall–Kier alpha value is 0.160. The average Bonchev–Trinajstić information content (AvgIpc) is 2.96. The van der Waals surface area contributed by atoms with E-state index in [1.807, 2.05) is 0 Å².